The van der Waals surface area contributed by atoms with Crippen molar-refractivity contribution in [3.8, 4) is 0 Å². The van der Waals surface area contributed by atoms with Crippen LogP contribution in [-0.2, 0) is 26.3 Å². The maximum Gasteiger partial charge on any atom is 0.435 e. The minimum absolute atomic E-state index is 0. The van der Waals surface area contributed by atoms with Crippen LogP contribution in [0, 0.1) is 6.92 Å². The van der Waals surface area contributed by atoms with Crippen LogP contribution in [0.4, 0.5) is 13.2 Å². The summed E-state index contributed by atoms with van der Waals surface area (Å²) >= 11 is 0. The number of alkyl halides is 3. The zero-order chi connectivity index (χ0) is 17.7. The van der Waals surface area contributed by atoms with Crippen molar-refractivity contribution in [3.05, 3.63) is 52.8 Å². The fourth-order valence-corrected chi connectivity index (χ4v) is 2.20. The normalized spacial score (nSPS) is 11.8. The van der Waals surface area contributed by atoms with E-state index in [0.29, 0.717) is 12.5 Å². The summed E-state index contributed by atoms with van der Waals surface area (Å²) in [7, 11) is 3.03. The lowest BCUT2D eigenvalue weighted by molar-refractivity contribution is -0.142. The topological polar surface area (TPSA) is 54.2 Å². The number of hydrogen-bond acceptors (Lipinski definition) is 2. The summed E-state index contributed by atoms with van der Waals surface area (Å²) in [6.45, 7) is 2.51. The van der Waals surface area contributed by atoms with E-state index < -0.39 is 11.9 Å². The van der Waals surface area contributed by atoms with Gasteiger partial charge in [-0.1, -0.05) is 29.8 Å². The highest BCUT2D eigenvalue weighted by atomic mass is 127. The molecule has 0 fully saturated rings. The first-order valence-electron chi connectivity index (χ1n) is 7.39. The molecule has 0 bridgehead atoms. The fourth-order valence-electron chi connectivity index (χ4n) is 2.20. The van der Waals surface area contributed by atoms with E-state index in [4.69, 9.17) is 0 Å². The Morgan fingerprint density at radius 2 is 1.76 bits per heavy atom. The maximum atomic E-state index is 12.9. The number of rotatable bonds is 4. The molecule has 5 nitrogen and oxygen atoms in total. The average molecular weight is 467 g/mol. The quantitative estimate of drug-likeness (QED) is 0.413. The van der Waals surface area contributed by atoms with Gasteiger partial charge in [-0.3, -0.25) is 9.67 Å². The Balaban J connectivity index is 0.00000312. The fraction of sp³-hybridized carbons (Fsp3) is 0.375. The molecule has 2 rings (SSSR count). The van der Waals surface area contributed by atoms with Gasteiger partial charge in [0.1, 0.15) is 0 Å². The van der Waals surface area contributed by atoms with Gasteiger partial charge in [0.05, 0.1) is 0 Å². The van der Waals surface area contributed by atoms with Crippen LogP contribution in [0.2, 0.25) is 0 Å². The van der Waals surface area contributed by atoms with Crippen LogP contribution in [0.1, 0.15) is 22.4 Å². The van der Waals surface area contributed by atoms with Crippen LogP contribution in [0.25, 0.3) is 0 Å². The second kappa shape index (κ2) is 9.07. The van der Waals surface area contributed by atoms with Gasteiger partial charge in [0, 0.05) is 38.9 Å². The molecule has 1 aromatic heterocycles. The molecule has 0 spiro atoms. The summed E-state index contributed by atoms with van der Waals surface area (Å²) in [4.78, 5) is 4.02. The van der Waals surface area contributed by atoms with Crippen molar-refractivity contribution >= 4 is 29.9 Å². The number of halogens is 4. The number of nitrogens with one attached hydrogen (secondary N) is 2. The van der Waals surface area contributed by atoms with Gasteiger partial charge in [0.2, 0.25) is 0 Å². The lowest BCUT2D eigenvalue weighted by atomic mass is 10.1. The highest BCUT2D eigenvalue weighted by molar-refractivity contribution is 14.0. The highest BCUT2D eigenvalue weighted by Crippen LogP contribution is 2.30. The third-order valence-corrected chi connectivity index (χ3v) is 3.42. The Morgan fingerprint density at radius 1 is 1.16 bits per heavy atom. The van der Waals surface area contributed by atoms with Gasteiger partial charge in [-0.2, -0.15) is 18.3 Å². The van der Waals surface area contributed by atoms with Gasteiger partial charge < -0.3 is 10.6 Å². The minimum atomic E-state index is -4.48. The summed E-state index contributed by atoms with van der Waals surface area (Å²) < 4.78 is 39.9. The van der Waals surface area contributed by atoms with Crippen molar-refractivity contribution in [2.24, 2.45) is 12.0 Å². The number of aryl methyl sites for hydroxylation is 2. The Hall–Kier alpha value is -1.78. The van der Waals surface area contributed by atoms with E-state index in [9.17, 15) is 13.2 Å². The number of hydrogen-bond donors (Lipinski definition) is 2. The molecule has 2 aromatic rings. The number of aliphatic imine (C=N–C) groups is 1. The first kappa shape index (κ1) is 21.3. The molecule has 0 unspecified atom stereocenters. The third kappa shape index (κ3) is 6.22. The Labute approximate surface area is 161 Å². The van der Waals surface area contributed by atoms with Gasteiger partial charge in [-0.25, -0.2) is 0 Å². The monoisotopic (exact) mass is 467 g/mol. The molecule has 0 aliphatic heterocycles. The molecule has 9 heteroatoms. The average Bonchev–Trinajstić information content (AvgIpc) is 2.90. The van der Waals surface area contributed by atoms with Gasteiger partial charge in [-0.05, 0) is 12.5 Å². The van der Waals surface area contributed by atoms with Crippen molar-refractivity contribution in [2.45, 2.75) is 26.2 Å². The van der Waals surface area contributed by atoms with Crippen LogP contribution >= 0.6 is 24.0 Å². The van der Waals surface area contributed by atoms with Crippen molar-refractivity contribution in [1.29, 1.82) is 0 Å². The summed E-state index contributed by atoms with van der Waals surface area (Å²) in [6, 6.07) is 7.97. The van der Waals surface area contributed by atoms with Crippen molar-refractivity contribution < 1.29 is 13.2 Å². The lowest BCUT2D eigenvalue weighted by Crippen LogP contribution is -2.36. The van der Waals surface area contributed by atoms with E-state index in [1.165, 1.54) is 13.2 Å². The third-order valence-electron chi connectivity index (χ3n) is 3.42. The smallest absolute Gasteiger partial charge is 0.352 e. The van der Waals surface area contributed by atoms with E-state index in [1.807, 2.05) is 31.2 Å². The largest absolute Gasteiger partial charge is 0.435 e. The highest BCUT2D eigenvalue weighted by Gasteiger charge is 2.36. The van der Waals surface area contributed by atoms with Crippen LogP contribution in [0.3, 0.4) is 0 Å². The van der Waals surface area contributed by atoms with Crippen molar-refractivity contribution in [3.63, 3.8) is 0 Å². The molecular formula is C16H21F3IN5. The molecule has 1 heterocycles. The lowest BCUT2D eigenvalue weighted by Gasteiger charge is -2.12. The van der Waals surface area contributed by atoms with Crippen LogP contribution in [0.5, 0.6) is 0 Å². The first-order chi connectivity index (χ1) is 11.3. The van der Waals surface area contributed by atoms with Crippen LogP contribution < -0.4 is 10.6 Å². The molecule has 0 amide bonds. The SMILES string of the molecule is CN=C(NCc1ccc(C)cc1)NCc1cn(C)nc1C(F)(F)F.I. The predicted molar refractivity (Wildman–Crippen MR) is 102 cm³/mol. The number of benzene rings is 1. The zero-order valence-electron chi connectivity index (χ0n) is 14.2. The first-order valence-corrected chi connectivity index (χ1v) is 7.39. The number of aromatic nitrogens is 2. The summed E-state index contributed by atoms with van der Waals surface area (Å²) in [5.41, 5.74) is 1.41. The van der Waals surface area contributed by atoms with Crippen molar-refractivity contribution in [1.82, 2.24) is 20.4 Å². The van der Waals surface area contributed by atoms with E-state index in [2.05, 4.69) is 20.7 Å². The Bertz CT molecular complexity index is 708. The molecule has 1 aromatic carbocycles. The molecule has 138 valence electrons. The van der Waals surface area contributed by atoms with Gasteiger partial charge >= 0.3 is 6.18 Å². The molecular weight excluding hydrogens is 446 g/mol. The minimum Gasteiger partial charge on any atom is -0.352 e. The molecule has 0 saturated heterocycles. The molecule has 25 heavy (non-hydrogen) atoms. The summed E-state index contributed by atoms with van der Waals surface area (Å²) in [6.07, 6.45) is -3.12. The Kier molecular flexibility index (Phi) is 7.71. The van der Waals surface area contributed by atoms with Gasteiger partial charge in [0.15, 0.2) is 11.7 Å². The van der Waals surface area contributed by atoms with Crippen LogP contribution in [0.15, 0.2) is 35.5 Å². The van der Waals surface area contributed by atoms with Gasteiger partial charge in [0.25, 0.3) is 0 Å². The summed E-state index contributed by atoms with van der Waals surface area (Å²) in [5.74, 6) is 0.424. The predicted octanol–water partition coefficient (Wildman–Crippen LogP) is 3.23. The standard InChI is InChI=1S/C16H20F3N5.HI/c1-11-4-6-12(7-5-11)8-21-15(20-2)22-9-13-10-24(3)23-14(13)16(17,18)19;/h4-7,10H,8-9H2,1-3H3,(H2,20,21,22);1H. The molecule has 0 aliphatic carbocycles. The van der Waals surface area contributed by atoms with E-state index in [1.54, 1.807) is 7.05 Å². The van der Waals surface area contributed by atoms with Crippen molar-refractivity contribution in [2.75, 3.05) is 7.05 Å². The van der Waals surface area contributed by atoms with E-state index >= 15 is 0 Å². The molecule has 0 radical (unpaired) electrons. The number of guanidine groups is 1. The Morgan fingerprint density at radius 3 is 2.32 bits per heavy atom. The number of nitrogens with zero attached hydrogens (tertiary/aromatic N) is 3. The molecule has 2 N–H and O–H groups in total. The second-order valence-corrected chi connectivity index (χ2v) is 5.44. The van der Waals surface area contributed by atoms with Crippen LogP contribution in [-0.4, -0.2) is 22.8 Å². The van der Waals surface area contributed by atoms with E-state index in [-0.39, 0.29) is 36.1 Å². The van der Waals surface area contributed by atoms with E-state index in [0.717, 1.165) is 15.8 Å². The molecule has 0 atom stereocenters. The second-order valence-electron chi connectivity index (χ2n) is 5.44. The molecule has 0 aliphatic rings. The van der Waals surface area contributed by atoms with Gasteiger partial charge in [-0.15, -0.1) is 24.0 Å². The molecule has 0 saturated carbocycles. The maximum absolute atomic E-state index is 12.9. The zero-order valence-corrected chi connectivity index (χ0v) is 16.5. The summed E-state index contributed by atoms with van der Waals surface area (Å²) in [5, 5.41) is 9.43.